The maximum Gasteiger partial charge on any atom is 0.270 e. The molecule has 3 aromatic rings. The molecule has 1 atom stereocenters. The minimum Gasteiger partial charge on any atom is -0.340 e. The second-order valence-electron chi connectivity index (χ2n) is 7.65. The zero-order valence-corrected chi connectivity index (χ0v) is 16.1. The van der Waals surface area contributed by atoms with Crippen LogP contribution in [0.25, 0.3) is 11.0 Å². The summed E-state index contributed by atoms with van der Waals surface area (Å²) in [5, 5.41) is 7.25. The summed E-state index contributed by atoms with van der Waals surface area (Å²) in [6.45, 7) is 0. The number of rotatable bonds is 4. The predicted molar refractivity (Wildman–Crippen MR) is 105 cm³/mol. The summed E-state index contributed by atoms with van der Waals surface area (Å²) in [7, 11) is 1.75. The number of carbonyl (C=O) groups is 1. The maximum absolute atomic E-state index is 14.2. The number of nitrogens with zero attached hydrogens (tertiary/aromatic N) is 3. The molecule has 1 unspecified atom stereocenters. The summed E-state index contributed by atoms with van der Waals surface area (Å²) in [6.07, 6.45) is 9.63. The van der Waals surface area contributed by atoms with Gasteiger partial charge in [-0.25, -0.2) is 9.37 Å². The number of benzene rings is 1. The van der Waals surface area contributed by atoms with Gasteiger partial charge in [-0.15, -0.1) is 0 Å². The summed E-state index contributed by atoms with van der Waals surface area (Å²) >= 11 is 0. The third kappa shape index (κ3) is 3.79. The summed E-state index contributed by atoms with van der Waals surface area (Å²) in [5.74, 6) is 0.352. The standard InChI is InChI=1S/C21H26FN5O/c1-27-17(12-13-23-27)21(28)26-18(14-8-5-3-2-4-6-9-14)20-24-16-11-7-10-15(22)19(16)25-20/h7,10-14,18H,2-6,8-9H2,1H3,(H,24,25)(H,26,28). The van der Waals surface area contributed by atoms with E-state index in [0.717, 1.165) is 25.7 Å². The molecule has 2 aromatic heterocycles. The molecule has 1 aliphatic rings. The molecule has 2 N–H and O–H groups in total. The number of aryl methyl sites for hydroxylation is 1. The number of aromatic nitrogens is 4. The lowest BCUT2D eigenvalue weighted by Crippen LogP contribution is -2.35. The minimum atomic E-state index is -0.352. The first-order chi connectivity index (χ1) is 13.6. The maximum atomic E-state index is 14.2. The zero-order chi connectivity index (χ0) is 19.5. The van der Waals surface area contributed by atoms with Crippen LogP contribution in [-0.4, -0.2) is 25.7 Å². The van der Waals surface area contributed by atoms with Gasteiger partial charge in [0.2, 0.25) is 0 Å². The molecule has 6 nitrogen and oxygen atoms in total. The van der Waals surface area contributed by atoms with Gasteiger partial charge in [-0.05, 0) is 37.0 Å². The Kier molecular flexibility index (Phi) is 5.41. The van der Waals surface area contributed by atoms with E-state index in [1.165, 1.54) is 25.3 Å². The van der Waals surface area contributed by atoms with Crippen molar-refractivity contribution in [2.75, 3.05) is 0 Å². The smallest absolute Gasteiger partial charge is 0.270 e. The quantitative estimate of drug-likeness (QED) is 0.706. The van der Waals surface area contributed by atoms with Crippen LogP contribution in [-0.2, 0) is 7.05 Å². The van der Waals surface area contributed by atoms with Gasteiger partial charge in [0.1, 0.15) is 17.0 Å². The van der Waals surface area contributed by atoms with E-state index >= 15 is 0 Å². The number of amides is 1. The van der Waals surface area contributed by atoms with Crippen molar-refractivity contribution in [2.24, 2.45) is 13.0 Å². The van der Waals surface area contributed by atoms with Crippen molar-refractivity contribution in [3.05, 3.63) is 47.8 Å². The lowest BCUT2D eigenvalue weighted by atomic mass is 9.85. The molecule has 1 fully saturated rings. The van der Waals surface area contributed by atoms with Gasteiger partial charge >= 0.3 is 0 Å². The van der Waals surface area contributed by atoms with Crippen LogP contribution >= 0.6 is 0 Å². The summed E-state index contributed by atoms with van der Waals surface area (Å²) in [5.41, 5.74) is 1.47. The normalized spacial score (nSPS) is 17.2. The molecule has 4 rings (SSSR count). The molecular weight excluding hydrogens is 357 g/mol. The number of carbonyl (C=O) groups excluding carboxylic acids is 1. The van der Waals surface area contributed by atoms with Gasteiger partial charge < -0.3 is 10.3 Å². The molecule has 148 valence electrons. The molecule has 7 heteroatoms. The Morgan fingerprint density at radius 1 is 1.21 bits per heavy atom. The molecule has 1 saturated carbocycles. The van der Waals surface area contributed by atoms with Gasteiger partial charge in [0, 0.05) is 13.2 Å². The Morgan fingerprint density at radius 2 is 1.96 bits per heavy atom. The number of hydrogen-bond donors (Lipinski definition) is 2. The van der Waals surface area contributed by atoms with Crippen LogP contribution in [0, 0.1) is 11.7 Å². The fourth-order valence-corrected chi connectivity index (χ4v) is 4.21. The van der Waals surface area contributed by atoms with Crippen molar-refractivity contribution in [3.63, 3.8) is 0 Å². The number of halogens is 1. The van der Waals surface area contributed by atoms with Crippen molar-refractivity contribution in [1.82, 2.24) is 25.1 Å². The summed E-state index contributed by atoms with van der Waals surface area (Å²) in [4.78, 5) is 20.7. The number of fused-ring (bicyclic) bond motifs is 1. The molecule has 1 aromatic carbocycles. The summed E-state index contributed by atoms with van der Waals surface area (Å²) in [6, 6.07) is 6.30. The molecule has 0 spiro atoms. The van der Waals surface area contributed by atoms with Crippen molar-refractivity contribution in [3.8, 4) is 0 Å². The van der Waals surface area contributed by atoms with Crippen molar-refractivity contribution >= 4 is 16.9 Å². The van der Waals surface area contributed by atoms with Gasteiger partial charge in [-0.1, -0.05) is 38.2 Å². The fraction of sp³-hybridized carbons (Fsp3) is 0.476. The van der Waals surface area contributed by atoms with Crippen molar-refractivity contribution in [1.29, 1.82) is 0 Å². The third-order valence-corrected chi connectivity index (χ3v) is 5.74. The van der Waals surface area contributed by atoms with Crippen LogP contribution < -0.4 is 5.32 Å². The highest BCUT2D eigenvalue weighted by Gasteiger charge is 2.29. The van der Waals surface area contributed by atoms with E-state index in [9.17, 15) is 9.18 Å². The van der Waals surface area contributed by atoms with Crippen LogP contribution in [0.4, 0.5) is 4.39 Å². The Balaban J connectivity index is 1.68. The molecule has 1 amide bonds. The Labute approximate surface area is 163 Å². The first kappa shape index (κ1) is 18.7. The average Bonchev–Trinajstić information content (AvgIpc) is 3.27. The second-order valence-corrected chi connectivity index (χ2v) is 7.65. The molecule has 0 bridgehead atoms. The summed E-state index contributed by atoms with van der Waals surface area (Å²) < 4.78 is 15.7. The zero-order valence-electron chi connectivity index (χ0n) is 16.1. The molecule has 0 aliphatic heterocycles. The lowest BCUT2D eigenvalue weighted by molar-refractivity contribution is 0.0902. The number of para-hydroxylation sites is 1. The predicted octanol–water partition coefficient (Wildman–Crippen LogP) is 4.27. The molecule has 2 heterocycles. The van der Waals surface area contributed by atoms with Gasteiger partial charge in [-0.3, -0.25) is 9.48 Å². The molecule has 28 heavy (non-hydrogen) atoms. The second kappa shape index (κ2) is 8.12. The number of imidazole rings is 1. The van der Waals surface area contributed by atoms with Gasteiger partial charge in [0.25, 0.3) is 5.91 Å². The van der Waals surface area contributed by atoms with Crippen LogP contribution in [0.5, 0.6) is 0 Å². The van der Waals surface area contributed by atoms with E-state index in [1.54, 1.807) is 30.1 Å². The molecule has 1 aliphatic carbocycles. The lowest BCUT2D eigenvalue weighted by Gasteiger charge is -2.28. The van der Waals surface area contributed by atoms with Gasteiger partial charge in [-0.2, -0.15) is 5.10 Å². The topological polar surface area (TPSA) is 75.6 Å². The number of nitrogens with one attached hydrogen (secondary N) is 2. The van der Waals surface area contributed by atoms with E-state index in [2.05, 4.69) is 20.4 Å². The van der Waals surface area contributed by atoms with E-state index in [4.69, 9.17) is 0 Å². The fourth-order valence-electron chi connectivity index (χ4n) is 4.21. The van der Waals surface area contributed by atoms with E-state index < -0.39 is 0 Å². The SMILES string of the molecule is Cn1nccc1C(=O)NC(c1nc2c(F)cccc2[nH]1)C1CCCCCCC1. The largest absolute Gasteiger partial charge is 0.340 e. The Bertz CT molecular complexity index is 955. The highest BCUT2D eigenvalue weighted by atomic mass is 19.1. The highest BCUT2D eigenvalue weighted by molar-refractivity contribution is 5.92. The van der Waals surface area contributed by atoms with Crippen molar-refractivity contribution in [2.45, 2.75) is 51.0 Å². The molecule has 0 radical (unpaired) electrons. The highest BCUT2D eigenvalue weighted by Crippen LogP contribution is 2.33. The first-order valence-corrected chi connectivity index (χ1v) is 10.1. The number of aromatic amines is 1. The Morgan fingerprint density at radius 3 is 2.64 bits per heavy atom. The van der Waals surface area contributed by atoms with Crippen LogP contribution in [0.1, 0.15) is 67.3 Å². The van der Waals surface area contributed by atoms with Crippen LogP contribution in [0.15, 0.2) is 30.5 Å². The van der Waals surface area contributed by atoms with Crippen molar-refractivity contribution < 1.29 is 9.18 Å². The third-order valence-electron chi connectivity index (χ3n) is 5.74. The van der Waals surface area contributed by atoms with E-state index in [1.807, 2.05) is 6.07 Å². The van der Waals surface area contributed by atoms with Crippen LogP contribution in [0.3, 0.4) is 0 Å². The number of H-pyrrole nitrogens is 1. The first-order valence-electron chi connectivity index (χ1n) is 10.1. The van der Waals surface area contributed by atoms with E-state index in [-0.39, 0.29) is 23.7 Å². The van der Waals surface area contributed by atoms with Gasteiger partial charge in [0.05, 0.1) is 11.6 Å². The minimum absolute atomic E-state index is 0.187. The monoisotopic (exact) mass is 383 g/mol. The van der Waals surface area contributed by atoms with Crippen LogP contribution in [0.2, 0.25) is 0 Å². The number of hydrogen-bond acceptors (Lipinski definition) is 3. The Hall–Kier alpha value is -2.70. The van der Waals surface area contributed by atoms with E-state index in [0.29, 0.717) is 22.6 Å². The average molecular weight is 383 g/mol. The van der Waals surface area contributed by atoms with Gasteiger partial charge in [0.15, 0.2) is 5.82 Å². The molecule has 0 saturated heterocycles. The molecular formula is C21H26FN5O.